The Morgan fingerprint density at radius 3 is 1.71 bits per heavy atom. The van der Waals surface area contributed by atoms with Gasteiger partial charge in [-0.3, -0.25) is 19.5 Å². The van der Waals surface area contributed by atoms with Gasteiger partial charge in [0.25, 0.3) is 0 Å². The summed E-state index contributed by atoms with van der Waals surface area (Å²) >= 11 is 0. The van der Waals surface area contributed by atoms with Gasteiger partial charge in [-0.05, 0) is 84.6 Å². The van der Waals surface area contributed by atoms with Crippen molar-refractivity contribution in [2.45, 2.75) is 77.5 Å². The number of benzene rings is 3. The minimum atomic E-state index is -0.357. The van der Waals surface area contributed by atoms with E-state index in [0.29, 0.717) is 6.54 Å². The zero-order valence-electron chi connectivity index (χ0n) is 34.5. The summed E-state index contributed by atoms with van der Waals surface area (Å²) in [7, 11) is 0. The molecule has 6 aromatic rings. The second-order valence-corrected chi connectivity index (χ2v) is 16.0. The first-order valence-electron chi connectivity index (χ1n) is 21.2. The molecular weight excluding hydrogens is 735 g/mol. The molecule has 0 spiro atoms. The lowest BCUT2D eigenvalue weighted by atomic mass is 10.0. The number of nitrogens with zero attached hydrogens (tertiary/aromatic N) is 6. The number of pyridine rings is 1. The Morgan fingerprint density at radius 1 is 0.695 bits per heavy atom. The summed E-state index contributed by atoms with van der Waals surface area (Å²) in [5, 5.41) is 3.42. The first-order chi connectivity index (χ1) is 28.8. The van der Waals surface area contributed by atoms with Crippen molar-refractivity contribution < 1.29 is 9.59 Å². The molecule has 0 bridgehead atoms. The molecule has 304 valence electrons. The number of carbonyl (C=O) groups excluding carboxylic acids is 2. The lowest BCUT2D eigenvalue weighted by Crippen LogP contribution is -2.45. The Morgan fingerprint density at radius 2 is 1.22 bits per heavy atom. The number of likely N-dealkylation sites (N-methyl/N-ethyl adjacent to an activating group) is 1. The van der Waals surface area contributed by atoms with Crippen LogP contribution in [-0.2, 0) is 9.59 Å². The Hall–Kier alpha value is -6.07. The van der Waals surface area contributed by atoms with Gasteiger partial charge in [0.05, 0.1) is 41.6 Å². The summed E-state index contributed by atoms with van der Waals surface area (Å²) in [4.78, 5) is 55.3. The number of rotatable bonds is 14. The third kappa shape index (κ3) is 8.43. The number of nitrogens with one attached hydrogen (secondary N) is 3. The molecule has 0 aliphatic carbocycles. The number of anilines is 1. The SMILES string of the molecule is CCN(CC)[C@@H](C(=O)N1CCC[C@H]1c1ncc(-c2ccc(-c3ccc(-c4cnc([C@@H]5CCCN5C(=O)[C@@H](Nc5cccnc5)C(C)C)[nH]4)cc3)cc2)[nH]1)c1ccccc1. The van der Waals surface area contributed by atoms with Gasteiger partial charge in [0.15, 0.2) is 0 Å². The molecule has 2 aliphatic rings. The quantitative estimate of drug-likeness (QED) is 0.101. The smallest absolute Gasteiger partial charge is 0.245 e. The standard InChI is InChI=1S/C48H55N9O2/c1-5-55(6-2)44(37-13-8-7-9-14-37)48(59)57-28-12-17-42(57)46-51-31-40(54-46)36-24-20-34(21-25-36)33-18-22-35(23-19-33)39-30-50-45(53-39)41-16-11-27-56(41)47(58)43(32(3)4)52-38-15-10-26-49-29-38/h7-10,13-15,18-26,29-32,41-44,52H,5-6,11-12,16-17,27-28H2,1-4H3,(H,50,53)(H,51,54)/t41-,42-,43-,44+/m0/s1. The van der Waals surface area contributed by atoms with Crippen LogP contribution < -0.4 is 5.32 Å². The number of hydrogen-bond donors (Lipinski definition) is 3. The summed E-state index contributed by atoms with van der Waals surface area (Å²) in [6.45, 7) is 11.4. The van der Waals surface area contributed by atoms with Gasteiger partial charge in [0.1, 0.15) is 23.7 Å². The maximum Gasteiger partial charge on any atom is 0.245 e. The second kappa shape index (κ2) is 17.8. The zero-order valence-corrected chi connectivity index (χ0v) is 34.5. The number of likely N-dealkylation sites (tertiary alicyclic amines) is 2. The fourth-order valence-electron chi connectivity index (χ4n) is 8.83. The molecule has 0 unspecified atom stereocenters. The fourth-order valence-corrected chi connectivity index (χ4v) is 8.83. The molecule has 2 saturated heterocycles. The molecule has 11 nitrogen and oxygen atoms in total. The minimum absolute atomic E-state index is 0.0845. The van der Waals surface area contributed by atoms with Gasteiger partial charge in [0, 0.05) is 25.5 Å². The topological polar surface area (TPSA) is 126 Å². The Balaban J connectivity index is 0.924. The van der Waals surface area contributed by atoms with Crippen molar-refractivity contribution in [1.82, 2.24) is 39.6 Å². The Bertz CT molecular complexity index is 2300. The van der Waals surface area contributed by atoms with Crippen molar-refractivity contribution in [3.8, 4) is 33.6 Å². The molecule has 11 heteroatoms. The number of imidazole rings is 2. The van der Waals surface area contributed by atoms with Crippen LogP contribution >= 0.6 is 0 Å². The highest BCUT2D eigenvalue weighted by Gasteiger charge is 2.39. The van der Waals surface area contributed by atoms with Crippen molar-refractivity contribution >= 4 is 17.5 Å². The number of hydrogen-bond acceptors (Lipinski definition) is 7. The number of aromatic nitrogens is 5. The molecule has 3 aromatic heterocycles. The highest BCUT2D eigenvalue weighted by Crippen LogP contribution is 2.37. The van der Waals surface area contributed by atoms with E-state index in [1.165, 1.54) is 0 Å². The third-order valence-electron chi connectivity index (χ3n) is 12.1. The summed E-state index contributed by atoms with van der Waals surface area (Å²) in [5.41, 5.74) is 8.04. The van der Waals surface area contributed by atoms with Crippen LogP contribution in [0, 0.1) is 5.92 Å². The van der Waals surface area contributed by atoms with Gasteiger partial charge in [-0.15, -0.1) is 0 Å². The normalized spacial score (nSPS) is 17.8. The van der Waals surface area contributed by atoms with E-state index in [1.807, 2.05) is 52.5 Å². The van der Waals surface area contributed by atoms with E-state index in [-0.39, 0.29) is 41.9 Å². The van der Waals surface area contributed by atoms with Gasteiger partial charge in [-0.1, -0.05) is 107 Å². The van der Waals surface area contributed by atoms with Gasteiger partial charge in [0.2, 0.25) is 11.8 Å². The first-order valence-corrected chi connectivity index (χ1v) is 21.2. The van der Waals surface area contributed by atoms with E-state index >= 15 is 0 Å². The molecular formula is C48H55N9O2. The van der Waals surface area contributed by atoms with Crippen molar-refractivity contribution in [1.29, 1.82) is 0 Å². The van der Waals surface area contributed by atoms with E-state index in [1.54, 1.807) is 12.4 Å². The molecule has 2 amide bonds. The number of amides is 2. The molecule has 0 radical (unpaired) electrons. The molecule has 8 rings (SSSR count). The second-order valence-electron chi connectivity index (χ2n) is 16.0. The predicted octanol–water partition coefficient (Wildman–Crippen LogP) is 9.08. The number of carbonyl (C=O) groups is 2. The van der Waals surface area contributed by atoms with Crippen molar-refractivity contribution in [3.05, 3.63) is 133 Å². The number of aromatic amines is 2. The highest BCUT2D eigenvalue weighted by molar-refractivity contribution is 5.86. The number of H-pyrrole nitrogens is 2. The van der Waals surface area contributed by atoms with Gasteiger partial charge >= 0.3 is 0 Å². The summed E-state index contributed by atoms with van der Waals surface area (Å²) in [6, 6.07) is 30.1. The summed E-state index contributed by atoms with van der Waals surface area (Å²) in [6.07, 6.45) is 10.9. The zero-order chi connectivity index (χ0) is 40.9. The molecule has 3 aromatic carbocycles. The van der Waals surface area contributed by atoms with Crippen LogP contribution in [0.2, 0.25) is 0 Å². The van der Waals surface area contributed by atoms with E-state index in [2.05, 4.69) is 114 Å². The Kier molecular flexibility index (Phi) is 12.0. The van der Waals surface area contributed by atoms with Gasteiger partial charge in [-0.2, -0.15) is 0 Å². The molecule has 3 N–H and O–H groups in total. The maximum atomic E-state index is 14.2. The first kappa shape index (κ1) is 39.7. The maximum absolute atomic E-state index is 14.2. The lowest BCUT2D eigenvalue weighted by molar-refractivity contribution is -0.138. The monoisotopic (exact) mass is 789 g/mol. The molecule has 2 fully saturated rings. The molecule has 5 heterocycles. The predicted molar refractivity (Wildman–Crippen MR) is 233 cm³/mol. The fraction of sp³-hybridized carbons (Fsp3) is 0.354. The van der Waals surface area contributed by atoms with E-state index in [0.717, 1.165) is 102 Å². The van der Waals surface area contributed by atoms with Crippen molar-refractivity contribution in [3.63, 3.8) is 0 Å². The average Bonchev–Trinajstić information content (AvgIpc) is 4.12. The molecule has 2 aliphatic heterocycles. The highest BCUT2D eigenvalue weighted by atomic mass is 16.2. The van der Waals surface area contributed by atoms with E-state index in [4.69, 9.17) is 9.97 Å². The van der Waals surface area contributed by atoms with E-state index in [9.17, 15) is 9.59 Å². The minimum Gasteiger partial charge on any atom is -0.372 e. The van der Waals surface area contributed by atoms with Crippen LogP contribution in [-0.4, -0.2) is 83.7 Å². The van der Waals surface area contributed by atoms with Crippen molar-refractivity contribution in [2.75, 3.05) is 31.5 Å². The Labute approximate surface area is 347 Å². The van der Waals surface area contributed by atoms with Crippen LogP contribution in [0.25, 0.3) is 33.6 Å². The van der Waals surface area contributed by atoms with Crippen LogP contribution in [0.5, 0.6) is 0 Å². The van der Waals surface area contributed by atoms with Crippen molar-refractivity contribution in [2.24, 2.45) is 5.92 Å². The van der Waals surface area contributed by atoms with Crippen LogP contribution in [0.4, 0.5) is 5.69 Å². The third-order valence-corrected chi connectivity index (χ3v) is 12.1. The molecule has 59 heavy (non-hydrogen) atoms. The van der Waals surface area contributed by atoms with E-state index < -0.39 is 0 Å². The van der Waals surface area contributed by atoms with Gasteiger partial charge in [-0.25, -0.2) is 9.97 Å². The van der Waals surface area contributed by atoms with Crippen LogP contribution in [0.3, 0.4) is 0 Å². The molecule has 0 saturated carbocycles. The largest absolute Gasteiger partial charge is 0.372 e. The van der Waals surface area contributed by atoms with Gasteiger partial charge < -0.3 is 25.1 Å². The van der Waals surface area contributed by atoms with Crippen LogP contribution in [0.15, 0.2) is 116 Å². The average molecular weight is 790 g/mol. The summed E-state index contributed by atoms with van der Waals surface area (Å²) < 4.78 is 0. The lowest BCUT2D eigenvalue weighted by Gasteiger charge is -2.34. The van der Waals surface area contributed by atoms with Crippen LogP contribution in [0.1, 0.15) is 88.7 Å². The summed E-state index contributed by atoms with van der Waals surface area (Å²) in [5.74, 6) is 1.99. The molecule has 4 atom stereocenters.